The van der Waals surface area contributed by atoms with Gasteiger partial charge in [0.2, 0.25) is 5.82 Å². The van der Waals surface area contributed by atoms with Gasteiger partial charge in [0.25, 0.3) is 0 Å². The Morgan fingerprint density at radius 3 is 2.69 bits per heavy atom. The molecular formula is C7H7N5O. The molecule has 0 spiro atoms. The van der Waals surface area contributed by atoms with Crippen molar-refractivity contribution in [3.05, 3.63) is 30.4 Å². The summed E-state index contributed by atoms with van der Waals surface area (Å²) in [6.07, 6.45) is 3.27. The number of nitrogens with zero attached hydrogens (tertiary/aromatic N) is 5. The minimum atomic E-state index is -0.203. The third-order valence-electron chi connectivity index (χ3n) is 1.49. The summed E-state index contributed by atoms with van der Waals surface area (Å²) < 4.78 is 0. The van der Waals surface area contributed by atoms with Gasteiger partial charge in [-0.25, -0.2) is 0 Å². The Hall–Kier alpha value is -1.82. The summed E-state index contributed by atoms with van der Waals surface area (Å²) in [5, 5.41) is 20.0. The number of hydrogen-bond donors (Lipinski definition) is 1. The average molecular weight is 177 g/mol. The van der Waals surface area contributed by atoms with E-state index in [4.69, 9.17) is 5.11 Å². The van der Waals surface area contributed by atoms with E-state index in [0.29, 0.717) is 5.82 Å². The van der Waals surface area contributed by atoms with Crippen LogP contribution in [-0.2, 0) is 6.61 Å². The predicted molar refractivity (Wildman–Crippen MR) is 42.9 cm³/mol. The van der Waals surface area contributed by atoms with Gasteiger partial charge in [0, 0.05) is 12.4 Å². The average Bonchev–Trinajstić information content (AvgIpc) is 2.67. The third kappa shape index (κ3) is 1.52. The molecular weight excluding hydrogens is 170 g/mol. The Morgan fingerprint density at radius 1 is 1.31 bits per heavy atom. The van der Waals surface area contributed by atoms with Gasteiger partial charge < -0.3 is 5.11 Å². The maximum absolute atomic E-state index is 8.71. The molecule has 0 saturated carbocycles. The van der Waals surface area contributed by atoms with Crippen molar-refractivity contribution in [1.82, 2.24) is 25.2 Å². The molecule has 2 aromatic rings. The molecule has 0 fully saturated rings. The van der Waals surface area contributed by atoms with Crippen molar-refractivity contribution in [2.45, 2.75) is 6.61 Å². The van der Waals surface area contributed by atoms with Crippen LogP contribution < -0.4 is 0 Å². The first kappa shape index (κ1) is 7.81. The first-order valence-corrected chi connectivity index (χ1v) is 3.70. The second-order valence-corrected chi connectivity index (χ2v) is 2.36. The molecule has 6 heteroatoms. The van der Waals surface area contributed by atoms with Crippen LogP contribution in [0.1, 0.15) is 5.82 Å². The van der Waals surface area contributed by atoms with Gasteiger partial charge in [-0.05, 0) is 17.3 Å². The van der Waals surface area contributed by atoms with Crippen molar-refractivity contribution >= 4 is 0 Å². The Bertz CT molecular complexity index is 385. The second kappa shape index (κ2) is 3.28. The topological polar surface area (TPSA) is 76.7 Å². The summed E-state index contributed by atoms with van der Waals surface area (Å²) in [4.78, 5) is 5.20. The highest BCUT2D eigenvalue weighted by atomic mass is 16.3. The predicted octanol–water partition coefficient (Wildman–Crippen LogP) is -0.450. The molecule has 13 heavy (non-hydrogen) atoms. The molecule has 1 N–H and O–H groups in total. The molecule has 66 valence electrons. The fourth-order valence-corrected chi connectivity index (χ4v) is 0.893. The molecule has 0 aliphatic heterocycles. The van der Waals surface area contributed by atoms with Gasteiger partial charge in [0.1, 0.15) is 6.61 Å². The molecule has 0 radical (unpaired) electrons. The summed E-state index contributed by atoms with van der Waals surface area (Å²) in [5.74, 6) is 0.303. The molecule has 0 unspecified atom stereocenters. The van der Waals surface area contributed by atoms with Gasteiger partial charge in [-0.2, -0.15) is 0 Å². The normalized spacial score (nSPS) is 10.2. The van der Waals surface area contributed by atoms with Crippen molar-refractivity contribution < 1.29 is 5.11 Å². The first-order valence-electron chi connectivity index (χ1n) is 3.70. The number of tetrazole rings is 1. The molecule has 0 bridgehead atoms. The van der Waals surface area contributed by atoms with Crippen molar-refractivity contribution in [2.75, 3.05) is 0 Å². The summed E-state index contributed by atoms with van der Waals surface area (Å²) in [6, 6.07) is 3.51. The molecule has 2 rings (SSSR count). The zero-order valence-corrected chi connectivity index (χ0v) is 6.70. The highest BCUT2D eigenvalue weighted by Crippen LogP contribution is 2.00. The lowest BCUT2D eigenvalue weighted by molar-refractivity contribution is 0.271. The number of pyridine rings is 1. The highest BCUT2D eigenvalue weighted by molar-refractivity contribution is 5.24. The van der Waals surface area contributed by atoms with E-state index in [1.54, 1.807) is 24.5 Å². The second-order valence-electron chi connectivity index (χ2n) is 2.36. The number of hydrogen-bond acceptors (Lipinski definition) is 5. The minimum Gasteiger partial charge on any atom is -0.388 e. The Balaban J connectivity index is 2.36. The quantitative estimate of drug-likeness (QED) is 0.672. The van der Waals surface area contributed by atoms with Crippen molar-refractivity contribution in [1.29, 1.82) is 0 Å². The molecule has 6 nitrogen and oxygen atoms in total. The summed E-state index contributed by atoms with van der Waals surface area (Å²) in [6.45, 7) is -0.203. The fraction of sp³-hybridized carbons (Fsp3) is 0.143. The van der Waals surface area contributed by atoms with E-state index in [0.717, 1.165) is 5.69 Å². The van der Waals surface area contributed by atoms with E-state index < -0.39 is 0 Å². The molecule has 0 atom stereocenters. The third-order valence-corrected chi connectivity index (χ3v) is 1.49. The maximum Gasteiger partial charge on any atom is 0.200 e. The van der Waals surface area contributed by atoms with Crippen LogP contribution in [0.2, 0.25) is 0 Å². The summed E-state index contributed by atoms with van der Waals surface area (Å²) in [5.41, 5.74) is 0.766. The number of aliphatic hydroxyl groups is 1. The van der Waals surface area contributed by atoms with Gasteiger partial charge in [0.05, 0.1) is 5.69 Å². The number of aliphatic hydroxyl groups excluding tert-OH is 1. The van der Waals surface area contributed by atoms with E-state index in [9.17, 15) is 0 Å². The van der Waals surface area contributed by atoms with E-state index in [1.807, 2.05) is 0 Å². The molecule has 0 aliphatic carbocycles. The van der Waals surface area contributed by atoms with Gasteiger partial charge in [-0.3, -0.25) is 4.98 Å². The van der Waals surface area contributed by atoms with Crippen LogP contribution >= 0.6 is 0 Å². The molecule has 0 amide bonds. The molecule has 0 saturated heterocycles. The van der Waals surface area contributed by atoms with E-state index in [-0.39, 0.29) is 6.61 Å². The van der Waals surface area contributed by atoms with Gasteiger partial charge in [0.15, 0.2) is 0 Å². The zero-order valence-electron chi connectivity index (χ0n) is 6.70. The van der Waals surface area contributed by atoms with Crippen LogP contribution in [0.5, 0.6) is 0 Å². The highest BCUT2D eigenvalue weighted by Gasteiger charge is 2.01. The molecule has 0 aromatic carbocycles. The largest absolute Gasteiger partial charge is 0.388 e. The standard InChI is InChI=1S/C7H7N5O/c13-5-7-9-11-12(10-7)6-1-3-8-4-2-6/h1-4,13H,5H2. The zero-order chi connectivity index (χ0) is 9.10. The summed E-state index contributed by atoms with van der Waals surface area (Å²) >= 11 is 0. The van der Waals surface area contributed by atoms with Crippen LogP contribution in [0.25, 0.3) is 5.69 Å². The van der Waals surface area contributed by atoms with Crippen LogP contribution in [0.4, 0.5) is 0 Å². The van der Waals surface area contributed by atoms with Gasteiger partial charge >= 0.3 is 0 Å². The Labute approximate surface area is 73.9 Å². The van der Waals surface area contributed by atoms with Crippen molar-refractivity contribution in [3.63, 3.8) is 0 Å². The van der Waals surface area contributed by atoms with E-state index in [1.165, 1.54) is 4.80 Å². The van der Waals surface area contributed by atoms with Crippen molar-refractivity contribution in [3.8, 4) is 5.69 Å². The molecule has 2 heterocycles. The SMILES string of the molecule is OCc1nnn(-c2ccncc2)n1. The van der Waals surface area contributed by atoms with Crippen LogP contribution in [0, 0.1) is 0 Å². The van der Waals surface area contributed by atoms with Gasteiger partial charge in [-0.15, -0.1) is 15.0 Å². The molecule has 2 aromatic heterocycles. The van der Waals surface area contributed by atoms with E-state index >= 15 is 0 Å². The van der Waals surface area contributed by atoms with Gasteiger partial charge in [-0.1, -0.05) is 0 Å². The van der Waals surface area contributed by atoms with E-state index in [2.05, 4.69) is 20.4 Å². The van der Waals surface area contributed by atoms with Crippen LogP contribution in [-0.4, -0.2) is 30.3 Å². The van der Waals surface area contributed by atoms with Crippen molar-refractivity contribution in [2.24, 2.45) is 0 Å². The number of rotatable bonds is 2. The smallest absolute Gasteiger partial charge is 0.200 e. The minimum absolute atomic E-state index is 0.203. The monoisotopic (exact) mass is 177 g/mol. The Morgan fingerprint density at radius 2 is 2.08 bits per heavy atom. The van der Waals surface area contributed by atoms with Crippen LogP contribution in [0.15, 0.2) is 24.5 Å². The lowest BCUT2D eigenvalue weighted by atomic mass is 10.4. The lowest BCUT2D eigenvalue weighted by Gasteiger charge is -1.94. The van der Waals surface area contributed by atoms with Crippen LogP contribution in [0.3, 0.4) is 0 Å². The Kier molecular flexibility index (Phi) is 1.97. The first-order chi connectivity index (χ1) is 6.40. The lowest BCUT2D eigenvalue weighted by Crippen LogP contribution is -1.99. The fourth-order valence-electron chi connectivity index (χ4n) is 0.893. The molecule has 0 aliphatic rings. The maximum atomic E-state index is 8.71. The number of aromatic nitrogens is 5. The summed E-state index contributed by atoms with van der Waals surface area (Å²) in [7, 11) is 0.